The molecule has 3 heterocycles. The second kappa shape index (κ2) is 6.30. The van der Waals surface area contributed by atoms with E-state index in [0.717, 1.165) is 44.5 Å². The van der Waals surface area contributed by atoms with Crippen LogP contribution in [0.2, 0.25) is 0 Å². The fourth-order valence-corrected chi connectivity index (χ4v) is 4.50. The van der Waals surface area contributed by atoms with Gasteiger partial charge in [0, 0.05) is 51.0 Å². The van der Waals surface area contributed by atoms with Crippen LogP contribution in [0.15, 0.2) is 42.7 Å². The molecule has 1 aromatic carbocycles. The van der Waals surface area contributed by atoms with Crippen molar-refractivity contribution in [2.45, 2.75) is 37.3 Å². The quantitative estimate of drug-likeness (QED) is 0.863. The molecule has 0 N–H and O–H groups in total. The Morgan fingerprint density at radius 3 is 2.52 bits per heavy atom. The third-order valence-corrected chi connectivity index (χ3v) is 6.08. The first-order valence-electron chi connectivity index (χ1n) is 9.10. The van der Waals surface area contributed by atoms with Gasteiger partial charge in [0.2, 0.25) is 5.91 Å². The maximum Gasteiger partial charge on any atom is 0.230 e. The second-order valence-corrected chi connectivity index (χ2v) is 7.59. The van der Waals surface area contributed by atoms with Gasteiger partial charge in [-0.25, -0.2) is 0 Å². The van der Waals surface area contributed by atoms with Crippen molar-refractivity contribution in [2.24, 2.45) is 7.05 Å². The number of hydrogen-bond donors (Lipinski definition) is 0. The van der Waals surface area contributed by atoms with Crippen LogP contribution in [0, 0.1) is 0 Å². The first-order chi connectivity index (χ1) is 12.1. The summed E-state index contributed by atoms with van der Waals surface area (Å²) in [6.45, 7) is 3.02. The van der Waals surface area contributed by atoms with E-state index in [1.807, 2.05) is 48.1 Å². The Bertz CT molecular complexity index is 746. The average Bonchev–Trinajstić information content (AvgIpc) is 3.15. The van der Waals surface area contributed by atoms with E-state index in [4.69, 9.17) is 0 Å². The minimum Gasteiger partial charge on any atom is -0.339 e. The number of hydrogen-bond acceptors (Lipinski definition) is 3. The van der Waals surface area contributed by atoms with Crippen LogP contribution in [-0.4, -0.2) is 51.2 Å². The number of carbonyl (C=O) groups excluding carboxylic acids is 1. The minimum absolute atomic E-state index is 0.0241. The van der Waals surface area contributed by atoms with Crippen molar-refractivity contribution in [3.63, 3.8) is 0 Å². The highest BCUT2D eigenvalue weighted by Crippen LogP contribution is 2.44. The molecule has 2 aliphatic rings. The van der Waals surface area contributed by atoms with E-state index >= 15 is 0 Å². The maximum atomic E-state index is 12.9. The molecule has 0 radical (unpaired) electrons. The molecule has 2 fully saturated rings. The maximum absolute atomic E-state index is 12.9. The molecule has 2 saturated heterocycles. The molecule has 0 aliphatic carbocycles. The molecular formula is C20H26N4O. The average molecular weight is 338 g/mol. The van der Waals surface area contributed by atoms with E-state index < -0.39 is 0 Å². The van der Waals surface area contributed by atoms with E-state index in [0.29, 0.717) is 0 Å². The van der Waals surface area contributed by atoms with Crippen LogP contribution in [0.25, 0.3) is 0 Å². The number of aryl methyl sites for hydroxylation is 1. The Morgan fingerprint density at radius 1 is 1.16 bits per heavy atom. The molecule has 4 rings (SSSR count). The van der Waals surface area contributed by atoms with Gasteiger partial charge in [-0.05, 0) is 24.8 Å². The van der Waals surface area contributed by atoms with E-state index in [9.17, 15) is 4.79 Å². The number of likely N-dealkylation sites (N-methyl/N-ethyl adjacent to an activating group) is 1. The van der Waals surface area contributed by atoms with Crippen LogP contribution in [0.4, 0.5) is 0 Å². The summed E-state index contributed by atoms with van der Waals surface area (Å²) in [7, 11) is 3.96. The molecule has 1 spiro atoms. The number of likely N-dealkylation sites (tertiary alicyclic amines) is 2. The van der Waals surface area contributed by atoms with Crippen LogP contribution >= 0.6 is 0 Å². The smallest absolute Gasteiger partial charge is 0.230 e. The van der Waals surface area contributed by atoms with Crippen molar-refractivity contribution in [2.75, 3.05) is 20.1 Å². The van der Waals surface area contributed by atoms with Gasteiger partial charge in [-0.3, -0.25) is 14.4 Å². The highest BCUT2D eigenvalue weighted by molar-refractivity contribution is 5.87. The number of aromatic nitrogens is 2. The van der Waals surface area contributed by atoms with E-state index in [2.05, 4.69) is 28.3 Å². The summed E-state index contributed by atoms with van der Waals surface area (Å²) < 4.78 is 1.86. The zero-order chi connectivity index (χ0) is 17.4. The third kappa shape index (κ3) is 2.97. The number of piperidine rings is 1. The van der Waals surface area contributed by atoms with Crippen LogP contribution in [0.3, 0.4) is 0 Å². The van der Waals surface area contributed by atoms with Gasteiger partial charge in [0.15, 0.2) is 0 Å². The fraction of sp³-hybridized carbons (Fsp3) is 0.500. The number of benzene rings is 1. The summed E-state index contributed by atoms with van der Waals surface area (Å²) in [6.07, 6.45) is 7.09. The molecule has 1 atom stereocenters. The van der Waals surface area contributed by atoms with Gasteiger partial charge in [-0.1, -0.05) is 30.3 Å². The lowest BCUT2D eigenvalue weighted by Gasteiger charge is -2.43. The van der Waals surface area contributed by atoms with Crippen LogP contribution in [0.5, 0.6) is 0 Å². The summed E-state index contributed by atoms with van der Waals surface area (Å²) in [5.74, 6) is 0.308. The molecule has 1 amide bonds. The van der Waals surface area contributed by atoms with Crippen LogP contribution in [0.1, 0.15) is 36.3 Å². The highest BCUT2D eigenvalue weighted by Gasteiger charge is 2.50. The molecule has 0 saturated carbocycles. The summed E-state index contributed by atoms with van der Waals surface area (Å²) in [6, 6.07) is 10.3. The van der Waals surface area contributed by atoms with Gasteiger partial charge in [0.25, 0.3) is 0 Å². The van der Waals surface area contributed by atoms with E-state index in [-0.39, 0.29) is 17.4 Å². The van der Waals surface area contributed by atoms with Gasteiger partial charge in [0.05, 0.1) is 12.1 Å². The number of carbonyl (C=O) groups is 1. The summed E-state index contributed by atoms with van der Waals surface area (Å²) in [5, 5.41) is 4.26. The molecule has 132 valence electrons. The lowest BCUT2D eigenvalue weighted by molar-refractivity contribution is -0.131. The van der Waals surface area contributed by atoms with Crippen LogP contribution < -0.4 is 0 Å². The molecule has 25 heavy (non-hydrogen) atoms. The van der Waals surface area contributed by atoms with Crippen molar-refractivity contribution >= 4 is 5.91 Å². The monoisotopic (exact) mass is 338 g/mol. The molecule has 2 aromatic rings. The Morgan fingerprint density at radius 2 is 1.88 bits per heavy atom. The van der Waals surface area contributed by atoms with E-state index in [1.165, 1.54) is 5.56 Å². The molecule has 0 bridgehead atoms. The minimum atomic E-state index is 0.0241. The predicted octanol–water partition coefficient (Wildman–Crippen LogP) is 2.40. The lowest BCUT2D eigenvalue weighted by Crippen LogP contribution is -2.51. The SMILES string of the molecule is CN1C(=O)[C@H](c2ccccc2)CC12CCN(Cc1cnn(C)c1)CC2. The largest absolute Gasteiger partial charge is 0.339 e. The number of nitrogens with zero attached hydrogens (tertiary/aromatic N) is 4. The van der Waals surface area contributed by atoms with Gasteiger partial charge < -0.3 is 4.90 Å². The Balaban J connectivity index is 1.44. The first-order valence-corrected chi connectivity index (χ1v) is 9.10. The zero-order valence-electron chi connectivity index (χ0n) is 15.1. The zero-order valence-corrected chi connectivity index (χ0v) is 15.1. The van der Waals surface area contributed by atoms with Gasteiger partial charge in [-0.15, -0.1) is 0 Å². The molecule has 5 heteroatoms. The van der Waals surface area contributed by atoms with Crippen molar-refractivity contribution in [3.8, 4) is 0 Å². The van der Waals surface area contributed by atoms with Gasteiger partial charge in [-0.2, -0.15) is 5.10 Å². The van der Waals surface area contributed by atoms with Gasteiger partial charge >= 0.3 is 0 Å². The topological polar surface area (TPSA) is 41.4 Å². The predicted molar refractivity (Wildman–Crippen MR) is 97.0 cm³/mol. The van der Waals surface area contributed by atoms with E-state index in [1.54, 1.807) is 0 Å². The van der Waals surface area contributed by atoms with Crippen molar-refractivity contribution in [3.05, 3.63) is 53.9 Å². The molecule has 1 aromatic heterocycles. The lowest BCUT2D eigenvalue weighted by atomic mass is 9.81. The number of rotatable bonds is 3. The van der Waals surface area contributed by atoms with Crippen molar-refractivity contribution < 1.29 is 4.79 Å². The van der Waals surface area contributed by atoms with Gasteiger partial charge in [0.1, 0.15) is 0 Å². The first kappa shape index (κ1) is 16.3. The summed E-state index contributed by atoms with van der Waals surface area (Å²) in [4.78, 5) is 17.4. The Hall–Kier alpha value is -2.14. The second-order valence-electron chi connectivity index (χ2n) is 7.59. The van der Waals surface area contributed by atoms with Crippen molar-refractivity contribution in [1.82, 2.24) is 19.6 Å². The summed E-state index contributed by atoms with van der Waals surface area (Å²) in [5.41, 5.74) is 2.45. The third-order valence-electron chi connectivity index (χ3n) is 6.08. The fourth-order valence-electron chi connectivity index (χ4n) is 4.50. The Kier molecular flexibility index (Phi) is 4.12. The molecular weight excluding hydrogens is 312 g/mol. The highest BCUT2D eigenvalue weighted by atomic mass is 16.2. The van der Waals surface area contributed by atoms with Crippen LogP contribution in [-0.2, 0) is 18.4 Å². The molecule has 2 aliphatic heterocycles. The summed E-state index contributed by atoms with van der Waals surface area (Å²) >= 11 is 0. The normalized spacial score (nSPS) is 23.5. The Labute approximate surface area is 149 Å². The molecule has 0 unspecified atom stereocenters. The van der Waals surface area contributed by atoms with Crippen molar-refractivity contribution in [1.29, 1.82) is 0 Å². The standard InChI is InChI=1S/C20H26N4O/c1-22-14-16(13-21-22)15-24-10-8-20(9-11-24)12-18(19(25)23(20)2)17-6-4-3-5-7-17/h3-7,13-14,18H,8-12,15H2,1-2H3/t18-/m0/s1. The molecule has 5 nitrogen and oxygen atoms in total. The number of amides is 1.